The van der Waals surface area contributed by atoms with Crippen LogP contribution in [0.3, 0.4) is 0 Å². The van der Waals surface area contributed by atoms with Crippen LogP contribution in [0.25, 0.3) is 22.0 Å². The molecule has 1 fully saturated rings. The molecule has 9 heteroatoms. The van der Waals surface area contributed by atoms with E-state index in [9.17, 15) is 8.42 Å². The molecule has 2 aromatic carbocycles. The molecule has 33 heavy (non-hydrogen) atoms. The van der Waals surface area contributed by atoms with Crippen molar-refractivity contribution >= 4 is 32.4 Å². The van der Waals surface area contributed by atoms with Gasteiger partial charge >= 0.3 is 0 Å². The van der Waals surface area contributed by atoms with Gasteiger partial charge in [0.25, 0.3) is 10.0 Å². The van der Waals surface area contributed by atoms with Gasteiger partial charge in [-0.2, -0.15) is 0 Å². The van der Waals surface area contributed by atoms with Crippen molar-refractivity contribution in [1.29, 1.82) is 0 Å². The molecule has 0 amide bonds. The molecule has 2 aromatic heterocycles. The van der Waals surface area contributed by atoms with E-state index in [0.717, 1.165) is 40.9 Å². The Morgan fingerprint density at radius 1 is 0.939 bits per heavy atom. The molecule has 0 unspecified atom stereocenters. The first-order valence-electron chi connectivity index (χ1n) is 10.6. The summed E-state index contributed by atoms with van der Waals surface area (Å²) in [5.41, 5.74) is 3.58. The minimum absolute atomic E-state index is 0.202. The van der Waals surface area contributed by atoms with Crippen molar-refractivity contribution in [1.82, 2.24) is 15.0 Å². The third kappa shape index (κ3) is 4.37. The summed E-state index contributed by atoms with van der Waals surface area (Å²) in [6.07, 6.45) is 3.33. The molecule has 3 heterocycles. The maximum Gasteiger partial charge on any atom is 0.261 e. The van der Waals surface area contributed by atoms with Crippen LogP contribution in [-0.2, 0) is 14.8 Å². The zero-order chi connectivity index (χ0) is 22.8. The number of sulfonamides is 1. The van der Waals surface area contributed by atoms with Crippen molar-refractivity contribution in [2.75, 3.05) is 35.9 Å². The number of hydrogen-bond acceptors (Lipinski definition) is 7. The van der Waals surface area contributed by atoms with Crippen LogP contribution in [0.1, 0.15) is 5.69 Å². The summed E-state index contributed by atoms with van der Waals surface area (Å²) in [7, 11) is -3.72. The number of hydrogen-bond donors (Lipinski definition) is 1. The second-order valence-corrected chi connectivity index (χ2v) is 9.49. The van der Waals surface area contributed by atoms with Crippen molar-refractivity contribution in [2.24, 2.45) is 0 Å². The monoisotopic (exact) mass is 461 g/mol. The van der Waals surface area contributed by atoms with Crippen molar-refractivity contribution in [3.63, 3.8) is 0 Å². The Bertz CT molecular complexity index is 1400. The molecule has 1 aliphatic heterocycles. The average Bonchev–Trinajstić information content (AvgIpc) is 2.85. The molecule has 0 bridgehead atoms. The topological polar surface area (TPSA) is 97.3 Å². The van der Waals surface area contributed by atoms with Gasteiger partial charge in [-0.05, 0) is 42.8 Å². The molecule has 1 N–H and O–H groups in total. The van der Waals surface area contributed by atoms with E-state index in [-0.39, 0.29) is 4.90 Å². The Morgan fingerprint density at radius 2 is 1.73 bits per heavy atom. The van der Waals surface area contributed by atoms with Gasteiger partial charge in [0, 0.05) is 30.2 Å². The fourth-order valence-electron chi connectivity index (χ4n) is 3.85. The fraction of sp³-hybridized carbons (Fsp3) is 0.208. The van der Waals surface area contributed by atoms with E-state index < -0.39 is 10.0 Å². The normalized spacial score (nSPS) is 14.4. The van der Waals surface area contributed by atoms with Crippen LogP contribution in [0.4, 0.5) is 11.5 Å². The molecule has 0 radical (unpaired) electrons. The predicted molar refractivity (Wildman–Crippen MR) is 128 cm³/mol. The summed E-state index contributed by atoms with van der Waals surface area (Å²) in [5.74, 6) is 0.871. The van der Waals surface area contributed by atoms with Gasteiger partial charge in [-0.1, -0.05) is 24.3 Å². The number of anilines is 2. The lowest BCUT2D eigenvalue weighted by Crippen LogP contribution is -2.36. The van der Waals surface area contributed by atoms with Crippen LogP contribution in [-0.4, -0.2) is 49.7 Å². The largest absolute Gasteiger partial charge is 0.378 e. The van der Waals surface area contributed by atoms with Crippen LogP contribution in [0.2, 0.25) is 0 Å². The summed E-state index contributed by atoms with van der Waals surface area (Å²) in [5, 5.41) is 0.934. The molecule has 168 valence electrons. The summed E-state index contributed by atoms with van der Waals surface area (Å²) in [6.45, 7) is 4.65. The van der Waals surface area contributed by atoms with Crippen molar-refractivity contribution in [3.8, 4) is 11.1 Å². The predicted octanol–water partition coefficient (Wildman–Crippen LogP) is 3.64. The van der Waals surface area contributed by atoms with Gasteiger partial charge in [-0.15, -0.1) is 0 Å². The van der Waals surface area contributed by atoms with E-state index in [1.165, 1.54) is 0 Å². The minimum Gasteiger partial charge on any atom is -0.378 e. The number of rotatable bonds is 5. The van der Waals surface area contributed by atoms with Crippen LogP contribution in [0.15, 0.2) is 72.0 Å². The highest BCUT2D eigenvalue weighted by molar-refractivity contribution is 7.92. The van der Waals surface area contributed by atoms with Gasteiger partial charge in [-0.25, -0.2) is 18.4 Å². The number of fused-ring (bicyclic) bond motifs is 1. The quantitative estimate of drug-likeness (QED) is 0.485. The zero-order valence-electron chi connectivity index (χ0n) is 18.1. The number of nitrogens with one attached hydrogen (secondary N) is 1. The Labute approximate surface area is 192 Å². The molecular formula is C24H23N5O3S. The number of aryl methyl sites for hydroxylation is 1. The first-order chi connectivity index (χ1) is 16.0. The number of benzene rings is 2. The molecule has 1 aliphatic rings. The lowest BCUT2D eigenvalue weighted by atomic mass is 10.0. The Balaban J connectivity index is 1.52. The van der Waals surface area contributed by atoms with E-state index in [4.69, 9.17) is 4.74 Å². The van der Waals surface area contributed by atoms with E-state index in [2.05, 4.69) is 24.6 Å². The SMILES string of the molecule is Cc1ncc(-c2ccc3ncnc(N4CCOCC4)c3c2)cc1NS(=O)(=O)c1ccccc1. The lowest BCUT2D eigenvalue weighted by Gasteiger charge is -2.28. The van der Waals surface area contributed by atoms with Crippen molar-refractivity contribution in [3.05, 3.63) is 72.8 Å². The van der Waals surface area contributed by atoms with Gasteiger partial charge in [0.05, 0.1) is 35.0 Å². The van der Waals surface area contributed by atoms with E-state index in [1.54, 1.807) is 49.8 Å². The summed E-state index contributed by atoms with van der Waals surface area (Å²) < 4.78 is 33.8. The molecule has 0 aliphatic carbocycles. The Morgan fingerprint density at radius 3 is 2.52 bits per heavy atom. The molecule has 8 nitrogen and oxygen atoms in total. The maximum atomic E-state index is 12.8. The number of nitrogens with zero attached hydrogens (tertiary/aromatic N) is 4. The molecule has 0 spiro atoms. The van der Waals surface area contributed by atoms with E-state index in [1.807, 2.05) is 24.3 Å². The summed E-state index contributed by atoms with van der Waals surface area (Å²) in [4.78, 5) is 15.8. The Hall–Kier alpha value is -3.56. The third-order valence-electron chi connectivity index (χ3n) is 5.64. The zero-order valence-corrected chi connectivity index (χ0v) is 18.9. The minimum atomic E-state index is -3.72. The number of aromatic nitrogens is 3. The van der Waals surface area contributed by atoms with E-state index >= 15 is 0 Å². The Kier molecular flexibility index (Phi) is 5.65. The summed E-state index contributed by atoms with van der Waals surface area (Å²) in [6, 6.07) is 16.0. The molecule has 0 saturated carbocycles. The van der Waals surface area contributed by atoms with Gasteiger partial charge in [-0.3, -0.25) is 9.71 Å². The van der Waals surface area contributed by atoms with Gasteiger partial charge < -0.3 is 9.64 Å². The van der Waals surface area contributed by atoms with Crippen molar-refractivity contribution in [2.45, 2.75) is 11.8 Å². The van der Waals surface area contributed by atoms with Gasteiger partial charge in [0.15, 0.2) is 0 Å². The first kappa shape index (κ1) is 21.3. The highest BCUT2D eigenvalue weighted by Crippen LogP contribution is 2.31. The highest BCUT2D eigenvalue weighted by atomic mass is 32.2. The molecule has 1 saturated heterocycles. The lowest BCUT2D eigenvalue weighted by molar-refractivity contribution is 0.122. The van der Waals surface area contributed by atoms with Gasteiger partial charge in [0.2, 0.25) is 0 Å². The maximum absolute atomic E-state index is 12.8. The van der Waals surface area contributed by atoms with E-state index in [0.29, 0.717) is 24.6 Å². The first-order valence-corrected chi connectivity index (χ1v) is 12.1. The van der Waals surface area contributed by atoms with Crippen LogP contribution < -0.4 is 9.62 Å². The number of pyridine rings is 1. The van der Waals surface area contributed by atoms with Crippen LogP contribution in [0, 0.1) is 6.92 Å². The smallest absolute Gasteiger partial charge is 0.261 e. The fourth-order valence-corrected chi connectivity index (χ4v) is 4.98. The summed E-state index contributed by atoms with van der Waals surface area (Å²) >= 11 is 0. The molecule has 5 rings (SSSR count). The second-order valence-electron chi connectivity index (χ2n) is 7.80. The van der Waals surface area contributed by atoms with Crippen LogP contribution >= 0.6 is 0 Å². The van der Waals surface area contributed by atoms with Crippen LogP contribution in [0.5, 0.6) is 0 Å². The third-order valence-corrected chi connectivity index (χ3v) is 7.02. The average molecular weight is 462 g/mol. The van der Waals surface area contributed by atoms with Gasteiger partial charge in [0.1, 0.15) is 12.1 Å². The number of ether oxygens (including phenoxy) is 1. The van der Waals surface area contributed by atoms with Crippen molar-refractivity contribution < 1.29 is 13.2 Å². The molecule has 0 atom stereocenters. The standard InChI is InChI=1S/C24H23N5O3S/c1-17-23(28-33(30,31)20-5-3-2-4-6-20)14-19(15-25-17)18-7-8-22-21(13-18)24(27-16-26-22)29-9-11-32-12-10-29/h2-8,13-16,28H,9-12H2,1H3. The highest BCUT2D eigenvalue weighted by Gasteiger charge is 2.18. The second kappa shape index (κ2) is 8.76. The number of morpholine rings is 1. The molecular weight excluding hydrogens is 438 g/mol. The molecule has 4 aromatic rings.